The largest absolute Gasteiger partial charge is 0.426 e. The first-order valence-corrected chi connectivity index (χ1v) is 11.8. The van der Waals surface area contributed by atoms with Crippen molar-refractivity contribution >= 4 is 34.9 Å². The zero-order chi connectivity index (χ0) is 22.5. The van der Waals surface area contributed by atoms with Gasteiger partial charge < -0.3 is 14.8 Å². The van der Waals surface area contributed by atoms with E-state index in [4.69, 9.17) is 27.9 Å². The normalized spacial score (nSPS) is 18.9. The number of hydrogen-bond acceptors (Lipinski definition) is 5. The van der Waals surface area contributed by atoms with Crippen molar-refractivity contribution in [3.05, 3.63) is 23.8 Å². The summed E-state index contributed by atoms with van der Waals surface area (Å²) in [6, 6.07) is 5.96. The van der Waals surface area contributed by atoms with Crippen LogP contribution >= 0.6 is 23.2 Å². The maximum atomic E-state index is 12.3. The minimum absolute atomic E-state index is 0.136. The highest BCUT2D eigenvalue weighted by molar-refractivity contribution is 6.18. The number of hydrogen-bond donors (Lipinski definition) is 1. The van der Waals surface area contributed by atoms with Crippen LogP contribution in [-0.2, 0) is 4.79 Å². The van der Waals surface area contributed by atoms with Gasteiger partial charge in [-0.25, -0.2) is 0 Å². The van der Waals surface area contributed by atoms with E-state index in [-0.39, 0.29) is 11.9 Å². The molecule has 0 spiro atoms. The summed E-state index contributed by atoms with van der Waals surface area (Å²) in [6.07, 6.45) is 2.63. The lowest BCUT2D eigenvalue weighted by atomic mass is 9.72. The van der Waals surface area contributed by atoms with Crippen LogP contribution in [0.15, 0.2) is 18.2 Å². The molecule has 7 heteroatoms. The van der Waals surface area contributed by atoms with Gasteiger partial charge in [0.25, 0.3) is 0 Å². The van der Waals surface area contributed by atoms with Crippen LogP contribution in [0.25, 0.3) is 0 Å². The topological polar surface area (TPSA) is 53.0 Å². The van der Waals surface area contributed by atoms with Gasteiger partial charge in [0.2, 0.25) is 0 Å². The van der Waals surface area contributed by atoms with Gasteiger partial charge in [-0.1, -0.05) is 6.92 Å². The molecule has 1 aromatic carbocycles. The Bertz CT molecular complexity index is 700. The van der Waals surface area contributed by atoms with Gasteiger partial charge in [0, 0.05) is 53.6 Å². The SMILES string of the molecule is CCCC(=O)Oc1ccc(N(CCCl)CCCl)cc1C1CC(C)(C)N(O)C(C)(C)C1. The number of nitrogens with zero attached hydrogens (tertiary/aromatic N) is 2. The molecule has 30 heavy (non-hydrogen) atoms. The van der Waals surface area contributed by atoms with Crippen LogP contribution in [0.1, 0.15) is 71.8 Å². The zero-order valence-electron chi connectivity index (χ0n) is 18.9. The second-order valence-corrected chi connectivity index (χ2v) is 10.1. The lowest BCUT2D eigenvalue weighted by molar-refractivity contribution is -0.245. The van der Waals surface area contributed by atoms with E-state index in [1.165, 1.54) is 5.06 Å². The summed E-state index contributed by atoms with van der Waals surface area (Å²) in [4.78, 5) is 14.4. The number of carbonyl (C=O) groups excluding carboxylic acids is 1. The first kappa shape index (κ1) is 25.3. The maximum Gasteiger partial charge on any atom is 0.311 e. The molecule has 1 aromatic rings. The van der Waals surface area contributed by atoms with E-state index in [2.05, 4.69) is 11.0 Å². The van der Waals surface area contributed by atoms with Crippen LogP contribution in [0.3, 0.4) is 0 Å². The minimum Gasteiger partial charge on any atom is -0.426 e. The summed E-state index contributed by atoms with van der Waals surface area (Å²) in [6.45, 7) is 11.5. The van der Waals surface area contributed by atoms with E-state index in [9.17, 15) is 10.0 Å². The molecule has 0 amide bonds. The smallest absolute Gasteiger partial charge is 0.311 e. The second kappa shape index (κ2) is 10.5. The fraction of sp³-hybridized carbons (Fsp3) is 0.696. The number of piperidine rings is 1. The van der Waals surface area contributed by atoms with Crippen LogP contribution in [0.4, 0.5) is 5.69 Å². The van der Waals surface area contributed by atoms with Gasteiger partial charge in [-0.05, 0) is 71.1 Å². The molecular formula is C23H36Cl2N2O3. The standard InChI is InChI=1S/C23H36Cl2N2O3/c1-6-7-21(28)30-20-9-8-18(26(12-10-24)13-11-25)14-19(20)17-15-22(2,3)27(29)23(4,5)16-17/h8-9,14,17,29H,6-7,10-13,15-16H2,1-5H3. The van der Waals surface area contributed by atoms with Crippen molar-refractivity contribution in [3.63, 3.8) is 0 Å². The van der Waals surface area contributed by atoms with E-state index < -0.39 is 11.1 Å². The van der Waals surface area contributed by atoms with Gasteiger partial charge in [-0.15, -0.1) is 23.2 Å². The van der Waals surface area contributed by atoms with Crippen molar-refractivity contribution in [2.45, 2.75) is 77.3 Å². The van der Waals surface area contributed by atoms with Crippen LogP contribution in [0.2, 0.25) is 0 Å². The van der Waals surface area contributed by atoms with Crippen molar-refractivity contribution in [1.29, 1.82) is 0 Å². The molecule has 0 atom stereocenters. The molecule has 5 nitrogen and oxygen atoms in total. The minimum atomic E-state index is -0.404. The average molecular weight is 459 g/mol. The Balaban J connectivity index is 2.48. The molecule has 1 heterocycles. The molecule has 1 saturated heterocycles. The van der Waals surface area contributed by atoms with Crippen LogP contribution in [0, 0.1) is 0 Å². The summed E-state index contributed by atoms with van der Waals surface area (Å²) in [5, 5.41) is 12.2. The Morgan fingerprint density at radius 2 is 1.73 bits per heavy atom. The van der Waals surface area contributed by atoms with Crippen molar-refractivity contribution in [1.82, 2.24) is 5.06 Å². The van der Waals surface area contributed by atoms with Crippen molar-refractivity contribution < 1.29 is 14.7 Å². The predicted molar refractivity (Wildman–Crippen MR) is 124 cm³/mol. The highest BCUT2D eigenvalue weighted by Gasteiger charge is 2.46. The molecule has 1 N–H and O–H groups in total. The number of carbonyl (C=O) groups is 1. The Morgan fingerprint density at radius 1 is 1.17 bits per heavy atom. The fourth-order valence-corrected chi connectivity index (χ4v) is 4.99. The Labute approximate surface area is 191 Å². The van der Waals surface area contributed by atoms with E-state index in [0.29, 0.717) is 37.0 Å². The number of halogens is 2. The van der Waals surface area contributed by atoms with Gasteiger partial charge in [0.15, 0.2) is 0 Å². The number of anilines is 1. The first-order chi connectivity index (χ1) is 14.1. The van der Waals surface area contributed by atoms with Gasteiger partial charge in [-0.3, -0.25) is 4.79 Å². The lowest BCUT2D eigenvalue weighted by Crippen LogP contribution is -2.58. The summed E-state index contributed by atoms with van der Waals surface area (Å²) in [5.74, 6) is 1.53. The van der Waals surface area contributed by atoms with Crippen LogP contribution in [0.5, 0.6) is 5.75 Å². The number of rotatable bonds is 9. The molecular weight excluding hydrogens is 423 g/mol. The molecule has 0 radical (unpaired) electrons. The van der Waals surface area contributed by atoms with E-state index in [1.54, 1.807) is 0 Å². The number of hydroxylamine groups is 2. The summed E-state index contributed by atoms with van der Waals surface area (Å²) in [5.41, 5.74) is 1.21. The molecule has 1 aliphatic rings. The highest BCUT2D eigenvalue weighted by atomic mass is 35.5. The Kier molecular flexibility index (Phi) is 8.87. The second-order valence-electron chi connectivity index (χ2n) is 9.35. The number of benzene rings is 1. The van der Waals surface area contributed by atoms with E-state index in [0.717, 1.165) is 30.5 Å². The molecule has 170 valence electrons. The van der Waals surface area contributed by atoms with Gasteiger partial charge >= 0.3 is 5.97 Å². The molecule has 2 rings (SSSR count). The number of ether oxygens (including phenoxy) is 1. The third-order valence-corrected chi connectivity index (χ3v) is 6.16. The molecule has 0 bridgehead atoms. The van der Waals surface area contributed by atoms with Gasteiger partial charge in [0.05, 0.1) is 0 Å². The molecule has 1 fully saturated rings. The predicted octanol–water partition coefficient (Wildman–Crippen LogP) is 5.80. The summed E-state index contributed by atoms with van der Waals surface area (Å²) in [7, 11) is 0. The summed E-state index contributed by atoms with van der Waals surface area (Å²) < 4.78 is 5.77. The summed E-state index contributed by atoms with van der Waals surface area (Å²) >= 11 is 12.0. The lowest BCUT2D eigenvalue weighted by Gasteiger charge is -2.51. The molecule has 0 aliphatic carbocycles. The first-order valence-electron chi connectivity index (χ1n) is 10.8. The van der Waals surface area contributed by atoms with Gasteiger partial charge in [-0.2, -0.15) is 5.06 Å². The van der Waals surface area contributed by atoms with E-state index >= 15 is 0 Å². The van der Waals surface area contributed by atoms with Crippen LogP contribution in [-0.4, -0.2) is 52.2 Å². The molecule has 0 saturated carbocycles. The number of alkyl halides is 2. The monoisotopic (exact) mass is 458 g/mol. The fourth-order valence-electron chi connectivity index (χ4n) is 4.59. The van der Waals surface area contributed by atoms with E-state index in [1.807, 2.05) is 46.8 Å². The third-order valence-electron chi connectivity index (χ3n) is 5.82. The van der Waals surface area contributed by atoms with Crippen molar-refractivity contribution in [2.75, 3.05) is 29.7 Å². The highest BCUT2D eigenvalue weighted by Crippen LogP contribution is 2.47. The quantitative estimate of drug-likeness (QED) is 0.287. The van der Waals surface area contributed by atoms with Gasteiger partial charge in [0.1, 0.15) is 5.75 Å². The van der Waals surface area contributed by atoms with Crippen molar-refractivity contribution in [2.24, 2.45) is 0 Å². The Hall–Kier alpha value is -1.01. The zero-order valence-corrected chi connectivity index (χ0v) is 20.4. The molecule has 0 aromatic heterocycles. The average Bonchev–Trinajstić information content (AvgIpc) is 2.66. The molecule has 1 aliphatic heterocycles. The van der Waals surface area contributed by atoms with Crippen LogP contribution < -0.4 is 9.64 Å². The van der Waals surface area contributed by atoms with Crippen molar-refractivity contribution in [3.8, 4) is 5.75 Å². The number of esters is 1. The molecule has 0 unspecified atom stereocenters. The maximum absolute atomic E-state index is 12.3. The third kappa shape index (κ3) is 6.03. The Morgan fingerprint density at radius 3 is 2.23 bits per heavy atom.